The normalized spacial score (nSPS) is 14.7. The van der Waals surface area contributed by atoms with Crippen molar-refractivity contribution in [2.24, 2.45) is 0 Å². The predicted molar refractivity (Wildman–Crippen MR) is 70.5 cm³/mol. The van der Waals surface area contributed by atoms with Crippen LogP contribution in [0.5, 0.6) is 0 Å². The van der Waals surface area contributed by atoms with Gasteiger partial charge in [0.05, 0.1) is 0 Å². The van der Waals surface area contributed by atoms with Crippen molar-refractivity contribution in [3.8, 4) is 0 Å². The van der Waals surface area contributed by atoms with Gasteiger partial charge in [0.15, 0.2) is 0 Å². The summed E-state index contributed by atoms with van der Waals surface area (Å²) >= 11 is -2.06. The summed E-state index contributed by atoms with van der Waals surface area (Å²) in [5.74, 6) is 0. The Hall–Kier alpha value is -1.19. The Bertz CT molecular complexity index is 531. The summed E-state index contributed by atoms with van der Waals surface area (Å²) in [7, 11) is 0. The molecule has 2 aromatic carbocycles. The van der Waals surface area contributed by atoms with Crippen molar-refractivity contribution in [2.45, 2.75) is 25.0 Å². The fourth-order valence-corrected chi connectivity index (χ4v) is 2.99. The minimum Gasteiger partial charge on any atom is -0.772 e. The molecule has 2 rings (SSSR count). The first-order valence-electron chi connectivity index (χ1n) is 5.79. The van der Waals surface area contributed by atoms with E-state index in [1.54, 1.807) is 0 Å². The molecular weight excluding hydrogens is 232 g/mol. The Balaban J connectivity index is 2.56. The first-order valence-corrected chi connectivity index (χ1v) is 6.93. The SMILES string of the molecule is CCCC(c1cccc2ccccc12)S(=O)[O-]. The molecule has 2 aromatic rings. The number of hydrogen-bond donors (Lipinski definition) is 0. The van der Waals surface area contributed by atoms with Gasteiger partial charge in [-0.3, -0.25) is 4.21 Å². The molecule has 0 N–H and O–H groups in total. The van der Waals surface area contributed by atoms with E-state index in [0.29, 0.717) is 6.42 Å². The molecule has 0 aliphatic rings. The van der Waals surface area contributed by atoms with Crippen LogP contribution < -0.4 is 0 Å². The van der Waals surface area contributed by atoms with Gasteiger partial charge in [0.25, 0.3) is 0 Å². The molecular formula is C14H15O2S-. The van der Waals surface area contributed by atoms with E-state index in [9.17, 15) is 8.76 Å². The fraction of sp³-hybridized carbons (Fsp3) is 0.286. The maximum atomic E-state index is 11.3. The Labute approximate surface area is 104 Å². The van der Waals surface area contributed by atoms with Crippen molar-refractivity contribution in [1.82, 2.24) is 0 Å². The molecule has 0 bridgehead atoms. The molecule has 0 aliphatic heterocycles. The van der Waals surface area contributed by atoms with Crippen molar-refractivity contribution in [3.63, 3.8) is 0 Å². The molecule has 2 atom stereocenters. The zero-order valence-electron chi connectivity index (χ0n) is 9.76. The van der Waals surface area contributed by atoms with Gasteiger partial charge in [-0.15, -0.1) is 0 Å². The van der Waals surface area contributed by atoms with Crippen LogP contribution in [0.1, 0.15) is 30.6 Å². The fourth-order valence-electron chi connectivity index (χ4n) is 2.15. The van der Waals surface area contributed by atoms with Crippen molar-refractivity contribution < 1.29 is 8.76 Å². The molecule has 0 aliphatic carbocycles. The van der Waals surface area contributed by atoms with E-state index in [0.717, 1.165) is 22.8 Å². The van der Waals surface area contributed by atoms with Crippen LogP contribution in [0.2, 0.25) is 0 Å². The van der Waals surface area contributed by atoms with Gasteiger partial charge in [0, 0.05) is 5.25 Å². The van der Waals surface area contributed by atoms with Gasteiger partial charge in [-0.1, -0.05) is 55.8 Å². The van der Waals surface area contributed by atoms with Crippen LogP contribution >= 0.6 is 0 Å². The summed E-state index contributed by atoms with van der Waals surface area (Å²) in [5, 5.41) is 1.74. The van der Waals surface area contributed by atoms with Crippen LogP contribution in [0, 0.1) is 0 Å². The third kappa shape index (κ3) is 2.56. The second-order valence-corrected chi connectivity index (χ2v) is 5.20. The highest BCUT2D eigenvalue weighted by Crippen LogP contribution is 2.30. The van der Waals surface area contributed by atoms with Gasteiger partial charge in [0.1, 0.15) is 0 Å². The largest absolute Gasteiger partial charge is 0.772 e. The summed E-state index contributed by atoms with van der Waals surface area (Å²) in [6, 6.07) is 13.8. The molecule has 0 radical (unpaired) electrons. The zero-order chi connectivity index (χ0) is 12.3. The van der Waals surface area contributed by atoms with Gasteiger partial charge < -0.3 is 4.55 Å². The molecule has 17 heavy (non-hydrogen) atoms. The van der Waals surface area contributed by atoms with E-state index in [1.165, 1.54) is 0 Å². The van der Waals surface area contributed by atoms with E-state index in [4.69, 9.17) is 0 Å². The highest BCUT2D eigenvalue weighted by molar-refractivity contribution is 7.79. The van der Waals surface area contributed by atoms with Crippen LogP contribution in [0.3, 0.4) is 0 Å². The third-order valence-corrected chi connectivity index (χ3v) is 3.91. The maximum Gasteiger partial charge on any atom is 0.0471 e. The zero-order valence-corrected chi connectivity index (χ0v) is 10.6. The summed E-state index contributed by atoms with van der Waals surface area (Å²) in [4.78, 5) is 0. The Morgan fingerprint density at radius 1 is 1.18 bits per heavy atom. The number of fused-ring (bicyclic) bond motifs is 1. The monoisotopic (exact) mass is 247 g/mol. The molecule has 2 nitrogen and oxygen atoms in total. The summed E-state index contributed by atoms with van der Waals surface area (Å²) in [5.41, 5.74) is 0.915. The third-order valence-electron chi connectivity index (χ3n) is 2.95. The molecule has 0 amide bonds. The molecule has 0 spiro atoms. The molecule has 0 aromatic heterocycles. The van der Waals surface area contributed by atoms with Crippen LogP contribution in [0.4, 0.5) is 0 Å². The van der Waals surface area contributed by atoms with Crippen LogP contribution in [-0.4, -0.2) is 8.76 Å². The van der Waals surface area contributed by atoms with E-state index >= 15 is 0 Å². The lowest BCUT2D eigenvalue weighted by molar-refractivity contribution is 0.518. The lowest BCUT2D eigenvalue weighted by atomic mass is 10.00. The average molecular weight is 247 g/mol. The van der Waals surface area contributed by atoms with E-state index < -0.39 is 16.3 Å². The second-order valence-electron chi connectivity index (χ2n) is 4.11. The highest BCUT2D eigenvalue weighted by Gasteiger charge is 2.13. The number of rotatable bonds is 4. The Morgan fingerprint density at radius 3 is 2.59 bits per heavy atom. The first kappa shape index (κ1) is 12.3. The standard InChI is InChI=1S/C14H16O2S/c1-2-6-14(17(15)16)13-10-5-8-11-7-3-4-9-12(11)13/h3-5,7-10,14H,2,6H2,1H3,(H,15,16)/p-1. The molecule has 0 heterocycles. The van der Waals surface area contributed by atoms with Gasteiger partial charge in [-0.05, 0) is 33.8 Å². The van der Waals surface area contributed by atoms with Crippen LogP contribution in [0.15, 0.2) is 42.5 Å². The summed E-state index contributed by atoms with van der Waals surface area (Å²) in [6.45, 7) is 2.00. The molecule has 2 unspecified atom stereocenters. The smallest absolute Gasteiger partial charge is 0.0471 e. The van der Waals surface area contributed by atoms with Crippen molar-refractivity contribution in [3.05, 3.63) is 48.0 Å². The lowest BCUT2D eigenvalue weighted by Gasteiger charge is -2.21. The molecule has 90 valence electrons. The molecule has 3 heteroatoms. The van der Waals surface area contributed by atoms with Crippen LogP contribution in [-0.2, 0) is 11.1 Å². The van der Waals surface area contributed by atoms with Crippen molar-refractivity contribution in [1.29, 1.82) is 0 Å². The van der Waals surface area contributed by atoms with Crippen LogP contribution in [0.25, 0.3) is 10.8 Å². The highest BCUT2D eigenvalue weighted by atomic mass is 32.2. The Kier molecular flexibility index (Phi) is 3.92. The van der Waals surface area contributed by atoms with E-state index in [1.807, 2.05) is 49.4 Å². The molecule has 0 saturated heterocycles. The lowest BCUT2D eigenvalue weighted by Crippen LogP contribution is -2.06. The predicted octanol–water partition coefficient (Wildman–Crippen LogP) is 3.56. The Morgan fingerprint density at radius 2 is 1.88 bits per heavy atom. The summed E-state index contributed by atoms with van der Waals surface area (Å²) < 4.78 is 22.7. The summed E-state index contributed by atoms with van der Waals surface area (Å²) in [6.07, 6.45) is 1.53. The van der Waals surface area contributed by atoms with E-state index in [-0.39, 0.29) is 0 Å². The topological polar surface area (TPSA) is 40.1 Å². The minimum absolute atomic E-state index is 0.397. The molecule has 0 saturated carbocycles. The van der Waals surface area contributed by atoms with Crippen molar-refractivity contribution >= 4 is 21.9 Å². The number of benzene rings is 2. The molecule has 0 fully saturated rings. The average Bonchev–Trinajstić information content (AvgIpc) is 2.35. The maximum absolute atomic E-state index is 11.3. The minimum atomic E-state index is -2.06. The van der Waals surface area contributed by atoms with Gasteiger partial charge >= 0.3 is 0 Å². The second kappa shape index (κ2) is 5.43. The van der Waals surface area contributed by atoms with Gasteiger partial charge in [-0.2, -0.15) is 0 Å². The number of hydrogen-bond acceptors (Lipinski definition) is 2. The first-order chi connectivity index (χ1) is 8.24. The van der Waals surface area contributed by atoms with E-state index in [2.05, 4.69) is 0 Å². The van der Waals surface area contributed by atoms with Crippen molar-refractivity contribution in [2.75, 3.05) is 0 Å². The van der Waals surface area contributed by atoms with Gasteiger partial charge in [0.2, 0.25) is 0 Å². The quantitative estimate of drug-likeness (QED) is 0.775. The van der Waals surface area contributed by atoms with Gasteiger partial charge in [-0.25, -0.2) is 0 Å².